The molecule has 0 amide bonds. The zero-order valence-corrected chi connectivity index (χ0v) is 22.2. The van der Waals surface area contributed by atoms with Gasteiger partial charge in [0.1, 0.15) is 0 Å². The number of rotatable bonds is 4. The molecule has 0 radical (unpaired) electrons. The van der Waals surface area contributed by atoms with E-state index < -0.39 is 0 Å². The van der Waals surface area contributed by atoms with Crippen molar-refractivity contribution in [3.63, 3.8) is 0 Å². The van der Waals surface area contributed by atoms with Crippen molar-refractivity contribution in [1.82, 2.24) is 9.80 Å². The van der Waals surface area contributed by atoms with Crippen LogP contribution in [0.2, 0.25) is 0 Å². The minimum Gasteiger partial charge on any atom is -0.391 e. The van der Waals surface area contributed by atoms with Gasteiger partial charge in [-0.3, -0.25) is 4.90 Å². The van der Waals surface area contributed by atoms with Crippen LogP contribution in [0.1, 0.15) is 86.0 Å². The first-order valence-corrected chi connectivity index (χ1v) is 14.2. The highest BCUT2D eigenvalue weighted by Gasteiger charge is 2.62. The molecule has 2 unspecified atom stereocenters. The number of aliphatic hydroxyl groups is 1. The van der Waals surface area contributed by atoms with Crippen LogP contribution >= 0.6 is 0 Å². The summed E-state index contributed by atoms with van der Waals surface area (Å²) in [6, 6.07) is 1.13. The summed E-state index contributed by atoms with van der Waals surface area (Å²) < 4.78 is 0. The molecule has 184 valence electrons. The predicted octanol–water partition coefficient (Wildman–Crippen LogP) is 5.52. The maximum Gasteiger partial charge on any atom is 0.0728 e. The molecule has 3 heteroatoms. The van der Waals surface area contributed by atoms with Gasteiger partial charge in [-0.25, -0.2) is 0 Å². The fourth-order valence-electron chi connectivity index (χ4n) is 10.1. The highest BCUT2D eigenvalue weighted by molar-refractivity contribution is 5.12. The van der Waals surface area contributed by atoms with Crippen molar-refractivity contribution in [3.8, 4) is 0 Å². The van der Waals surface area contributed by atoms with E-state index in [0.717, 1.165) is 35.5 Å². The highest BCUT2D eigenvalue weighted by Crippen LogP contribution is 2.68. The Balaban J connectivity index is 1.31. The molecule has 1 aliphatic heterocycles. The molecule has 3 nitrogen and oxygen atoms in total. The molecule has 1 heterocycles. The first-order valence-electron chi connectivity index (χ1n) is 14.2. The molecular weight excluding hydrogens is 392 g/mol. The molecule has 5 fully saturated rings. The molecule has 0 aromatic carbocycles. The monoisotopic (exact) mass is 444 g/mol. The third-order valence-corrected chi connectivity index (χ3v) is 12.5. The number of hydrogen-bond acceptors (Lipinski definition) is 3. The summed E-state index contributed by atoms with van der Waals surface area (Å²) >= 11 is 0. The van der Waals surface area contributed by atoms with Crippen LogP contribution in [-0.2, 0) is 0 Å². The van der Waals surface area contributed by atoms with E-state index in [1.54, 1.807) is 0 Å². The first-order chi connectivity index (χ1) is 15.1. The molecule has 10 atom stereocenters. The molecule has 4 saturated carbocycles. The van der Waals surface area contributed by atoms with Crippen molar-refractivity contribution in [2.24, 2.45) is 52.3 Å². The Bertz CT molecular complexity index is 687. The lowest BCUT2D eigenvalue weighted by atomic mass is 9.44. The average Bonchev–Trinajstić information content (AvgIpc) is 3.04. The molecule has 4 aliphatic carbocycles. The molecule has 0 aromatic rings. The lowest BCUT2D eigenvalue weighted by Gasteiger charge is -2.63. The number of fused-ring (bicyclic) bond motifs is 5. The maximum absolute atomic E-state index is 11.6. The van der Waals surface area contributed by atoms with E-state index in [2.05, 4.69) is 58.5 Å². The van der Waals surface area contributed by atoms with E-state index in [4.69, 9.17) is 0 Å². The Morgan fingerprint density at radius 3 is 2.09 bits per heavy atom. The first kappa shape index (κ1) is 23.6. The van der Waals surface area contributed by atoms with Crippen molar-refractivity contribution in [2.45, 2.75) is 104 Å². The maximum atomic E-state index is 11.6. The standard InChI is InChI=1S/C29H52N2O/c1-18(2)20-16-31(17-20)26-13-15-29(5)24-12-14-28(4)22(19(3)30(6)7)10-11-23(28)21(24)8-9-25(29)27(26)32/h18-27,32H,8-17H2,1-7H3/t19?,21-,22+,23-,24-,25?,26-,27+,28+,29+/m0/s1. The van der Waals surface area contributed by atoms with Crippen LogP contribution in [0.3, 0.4) is 0 Å². The normalized spacial score (nSPS) is 50.6. The van der Waals surface area contributed by atoms with Gasteiger partial charge in [0.15, 0.2) is 0 Å². The second-order valence-electron chi connectivity index (χ2n) is 14.1. The van der Waals surface area contributed by atoms with Crippen molar-refractivity contribution < 1.29 is 5.11 Å². The predicted molar refractivity (Wildman–Crippen MR) is 133 cm³/mol. The van der Waals surface area contributed by atoms with E-state index in [0.29, 0.717) is 28.8 Å². The topological polar surface area (TPSA) is 26.7 Å². The third kappa shape index (κ3) is 3.38. The Kier molecular flexibility index (Phi) is 6.07. The zero-order chi connectivity index (χ0) is 23.0. The lowest BCUT2D eigenvalue weighted by Crippen LogP contribution is -2.64. The minimum atomic E-state index is -0.0961. The van der Waals surface area contributed by atoms with Gasteiger partial charge in [-0.1, -0.05) is 27.7 Å². The van der Waals surface area contributed by atoms with E-state index >= 15 is 0 Å². The van der Waals surface area contributed by atoms with Crippen molar-refractivity contribution in [1.29, 1.82) is 0 Å². The summed E-state index contributed by atoms with van der Waals surface area (Å²) in [4.78, 5) is 5.11. The third-order valence-electron chi connectivity index (χ3n) is 12.5. The molecule has 0 spiro atoms. The number of hydrogen-bond donors (Lipinski definition) is 1. The van der Waals surface area contributed by atoms with Gasteiger partial charge in [0, 0.05) is 25.2 Å². The molecule has 0 bridgehead atoms. The minimum absolute atomic E-state index is 0.0961. The summed E-state index contributed by atoms with van der Waals surface area (Å²) in [5.41, 5.74) is 0.904. The van der Waals surface area contributed by atoms with Crippen LogP contribution in [0, 0.1) is 52.3 Å². The van der Waals surface area contributed by atoms with Gasteiger partial charge in [-0.05, 0) is 125 Å². The van der Waals surface area contributed by atoms with Crippen LogP contribution < -0.4 is 0 Å². The number of aliphatic hydroxyl groups excluding tert-OH is 1. The van der Waals surface area contributed by atoms with Crippen molar-refractivity contribution in [3.05, 3.63) is 0 Å². The van der Waals surface area contributed by atoms with Crippen LogP contribution in [0.4, 0.5) is 0 Å². The van der Waals surface area contributed by atoms with Crippen LogP contribution in [-0.4, -0.2) is 60.3 Å². The van der Waals surface area contributed by atoms with Gasteiger partial charge in [0.05, 0.1) is 6.10 Å². The summed E-state index contributed by atoms with van der Waals surface area (Å²) in [7, 11) is 4.56. The van der Waals surface area contributed by atoms with Crippen LogP contribution in [0.5, 0.6) is 0 Å². The number of nitrogens with zero attached hydrogens (tertiary/aromatic N) is 2. The van der Waals surface area contributed by atoms with Gasteiger partial charge in [0.25, 0.3) is 0 Å². The second kappa shape index (κ2) is 8.23. The fraction of sp³-hybridized carbons (Fsp3) is 1.00. The Hall–Kier alpha value is -0.120. The van der Waals surface area contributed by atoms with Gasteiger partial charge in [0.2, 0.25) is 0 Å². The zero-order valence-electron chi connectivity index (χ0n) is 22.2. The van der Waals surface area contributed by atoms with Gasteiger partial charge < -0.3 is 10.0 Å². The summed E-state index contributed by atoms with van der Waals surface area (Å²) in [6.07, 6.45) is 10.9. The lowest BCUT2D eigenvalue weighted by molar-refractivity contribution is -0.174. The van der Waals surface area contributed by atoms with Gasteiger partial charge in [-0.15, -0.1) is 0 Å². The van der Waals surface area contributed by atoms with E-state index in [1.165, 1.54) is 64.5 Å². The average molecular weight is 445 g/mol. The van der Waals surface area contributed by atoms with E-state index in [1.807, 2.05) is 0 Å². The molecule has 5 aliphatic rings. The van der Waals surface area contributed by atoms with Crippen LogP contribution in [0.15, 0.2) is 0 Å². The molecule has 0 aromatic heterocycles. The summed E-state index contributed by atoms with van der Waals surface area (Å²) in [5, 5.41) is 11.6. The van der Waals surface area contributed by atoms with Crippen LogP contribution in [0.25, 0.3) is 0 Å². The fourth-order valence-corrected chi connectivity index (χ4v) is 10.1. The van der Waals surface area contributed by atoms with Crippen molar-refractivity contribution in [2.75, 3.05) is 27.2 Å². The molecular formula is C29H52N2O. The molecule has 5 rings (SSSR count). The van der Waals surface area contributed by atoms with E-state index in [-0.39, 0.29) is 6.10 Å². The molecule has 1 saturated heterocycles. The quantitative estimate of drug-likeness (QED) is 0.618. The van der Waals surface area contributed by atoms with Gasteiger partial charge >= 0.3 is 0 Å². The van der Waals surface area contributed by atoms with E-state index in [9.17, 15) is 5.11 Å². The molecule has 1 N–H and O–H groups in total. The summed E-state index contributed by atoms with van der Waals surface area (Å²) in [6.45, 7) is 14.9. The Morgan fingerprint density at radius 1 is 0.812 bits per heavy atom. The summed E-state index contributed by atoms with van der Waals surface area (Å²) in [5.74, 6) is 5.70. The largest absolute Gasteiger partial charge is 0.391 e. The van der Waals surface area contributed by atoms with Gasteiger partial charge in [-0.2, -0.15) is 0 Å². The Morgan fingerprint density at radius 2 is 1.44 bits per heavy atom. The Labute approximate surface area is 198 Å². The smallest absolute Gasteiger partial charge is 0.0728 e. The SMILES string of the molecule is CC(C)C1CN([C@H]2CC[C@@]3(C)C(CC[C@H]4[C@@H]5CC[C@H](C(C)N(C)C)[C@@]5(C)CC[C@@H]43)[C@H]2O)C1. The second-order valence-corrected chi connectivity index (χ2v) is 14.1. The highest BCUT2D eigenvalue weighted by atomic mass is 16.3. The molecule has 32 heavy (non-hydrogen) atoms. The number of likely N-dealkylation sites (tertiary alicyclic amines) is 1. The van der Waals surface area contributed by atoms with Crippen molar-refractivity contribution >= 4 is 0 Å².